The number of pyridine rings is 1. The summed E-state index contributed by atoms with van der Waals surface area (Å²) >= 11 is 9.58. The van der Waals surface area contributed by atoms with Crippen LogP contribution in [0.3, 0.4) is 0 Å². The summed E-state index contributed by atoms with van der Waals surface area (Å²) in [5.41, 5.74) is 3.09. The van der Waals surface area contributed by atoms with E-state index in [-0.39, 0.29) is 5.91 Å². The van der Waals surface area contributed by atoms with E-state index in [2.05, 4.69) is 36.5 Å². The first-order valence-corrected chi connectivity index (χ1v) is 11.2. The SMILES string of the molecule is O=C(NCCc1nnc2ccccn12)c1nn(Cc2ccc(Cl)cc2)c2cccc(Br)c12. The van der Waals surface area contributed by atoms with Crippen molar-refractivity contribution < 1.29 is 4.79 Å². The van der Waals surface area contributed by atoms with Crippen molar-refractivity contribution >= 4 is 50.0 Å². The second-order valence-electron chi connectivity index (χ2n) is 7.32. The number of carbonyl (C=O) groups is 1. The first-order valence-electron chi connectivity index (χ1n) is 10.1. The van der Waals surface area contributed by atoms with Gasteiger partial charge in [0.2, 0.25) is 0 Å². The van der Waals surface area contributed by atoms with Crippen LogP contribution < -0.4 is 5.32 Å². The summed E-state index contributed by atoms with van der Waals surface area (Å²) in [5, 5.41) is 17.4. The molecular weight excluding hydrogens is 492 g/mol. The van der Waals surface area contributed by atoms with Crippen molar-refractivity contribution in [3.05, 3.63) is 93.4 Å². The molecule has 0 atom stereocenters. The third-order valence-electron chi connectivity index (χ3n) is 5.21. The number of hydrogen-bond donors (Lipinski definition) is 1. The fourth-order valence-corrected chi connectivity index (χ4v) is 4.33. The van der Waals surface area contributed by atoms with Crippen LogP contribution in [0, 0.1) is 0 Å². The molecule has 7 nitrogen and oxygen atoms in total. The Kier molecular flexibility index (Phi) is 5.63. The largest absolute Gasteiger partial charge is 0.350 e. The lowest BCUT2D eigenvalue weighted by Gasteiger charge is -2.04. The van der Waals surface area contributed by atoms with Gasteiger partial charge in [0.1, 0.15) is 5.82 Å². The Hall–Kier alpha value is -3.23. The van der Waals surface area contributed by atoms with Crippen LogP contribution >= 0.6 is 27.5 Å². The number of carbonyl (C=O) groups excluding carboxylic acids is 1. The van der Waals surface area contributed by atoms with Crippen molar-refractivity contribution in [3.63, 3.8) is 0 Å². The monoisotopic (exact) mass is 508 g/mol. The Morgan fingerprint density at radius 2 is 1.88 bits per heavy atom. The Labute approximate surface area is 197 Å². The van der Waals surface area contributed by atoms with Crippen LogP contribution in [0.25, 0.3) is 16.6 Å². The van der Waals surface area contributed by atoms with E-state index in [0.29, 0.717) is 30.2 Å². The minimum Gasteiger partial charge on any atom is -0.350 e. The number of nitrogens with zero attached hydrogens (tertiary/aromatic N) is 5. The molecule has 0 fully saturated rings. The van der Waals surface area contributed by atoms with Crippen LogP contribution in [-0.2, 0) is 13.0 Å². The maximum absolute atomic E-state index is 13.0. The van der Waals surface area contributed by atoms with Crippen LogP contribution in [-0.4, -0.2) is 36.8 Å². The van der Waals surface area contributed by atoms with Gasteiger partial charge in [-0.2, -0.15) is 5.10 Å². The van der Waals surface area contributed by atoms with Gasteiger partial charge in [-0.3, -0.25) is 13.9 Å². The smallest absolute Gasteiger partial charge is 0.272 e. The highest BCUT2D eigenvalue weighted by molar-refractivity contribution is 9.10. The summed E-state index contributed by atoms with van der Waals surface area (Å²) in [6.45, 7) is 0.952. The molecule has 3 aromatic heterocycles. The predicted octanol–water partition coefficient (Wildman–Crippen LogP) is 4.52. The zero-order valence-corrected chi connectivity index (χ0v) is 19.2. The Morgan fingerprint density at radius 1 is 1.03 bits per heavy atom. The highest BCUT2D eigenvalue weighted by Gasteiger charge is 2.19. The summed E-state index contributed by atoms with van der Waals surface area (Å²) in [5.74, 6) is 0.561. The highest BCUT2D eigenvalue weighted by Crippen LogP contribution is 2.28. The van der Waals surface area contributed by atoms with E-state index < -0.39 is 0 Å². The number of halogens is 2. The van der Waals surface area contributed by atoms with E-state index in [1.807, 2.05) is 75.9 Å². The topological polar surface area (TPSA) is 77.1 Å². The van der Waals surface area contributed by atoms with Crippen molar-refractivity contribution in [3.8, 4) is 0 Å². The van der Waals surface area contributed by atoms with Crippen LogP contribution in [0.4, 0.5) is 0 Å². The lowest BCUT2D eigenvalue weighted by Crippen LogP contribution is -2.27. The number of benzene rings is 2. The molecule has 0 unspecified atom stereocenters. The van der Waals surface area contributed by atoms with E-state index in [9.17, 15) is 4.79 Å². The van der Waals surface area contributed by atoms with E-state index in [1.165, 1.54) is 0 Å². The van der Waals surface area contributed by atoms with Crippen molar-refractivity contribution in [2.45, 2.75) is 13.0 Å². The summed E-state index contributed by atoms with van der Waals surface area (Å²) in [7, 11) is 0. The zero-order valence-electron chi connectivity index (χ0n) is 16.9. The average Bonchev–Trinajstić information content (AvgIpc) is 3.38. The van der Waals surface area contributed by atoms with E-state index in [0.717, 1.165) is 32.4 Å². The molecule has 0 bridgehead atoms. The zero-order chi connectivity index (χ0) is 22.1. The lowest BCUT2D eigenvalue weighted by atomic mass is 10.2. The molecule has 3 heterocycles. The molecule has 0 aliphatic heterocycles. The quantitative estimate of drug-likeness (QED) is 0.365. The molecule has 160 valence electrons. The number of hydrogen-bond acceptors (Lipinski definition) is 4. The molecule has 1 amide bonds. The molecule has 0 aliphatic rings. The van der Waals surface area contributed by atoms with Gasteiger partial charge in [0.25, 0.3) is 5.91 Å². The van der Waals surface area contributed by atoms with Gasteiger partial charge in [-0.25, -0.2) is 0 Å². The third-order valence-corrected chi connectivity index (χ3v) is 6.12. The van der Waals surface area contributed by atoms with E-state index >= 15 is 0 Å². The number of aromatic nitrogens is 5. The highest BCUT2D eigenvalue weighted by atomic mass is 79.9. The van der Waals surface area contributed by atoms with Crippen molar-refractivity contribution in [1.29, 1.82) is 0 Å². The Balaban J connectivity index is 1.38. The maximum atomic E-state index is 13.0. The first-order chi connectivity index (χ1) is 15.6. The van der Waals surface area contributed by atoms with Crippen molar-refractivity contribution in [1.82, 2.24) is 29.7 Å². The molecule has 0 saturated heterocycles. The molecule has 5 rings (SSSR count). The first kappa shape index (κ1) is 20.7. The Morgan fingerprint density at radius 3 is 2.72 bits per heavy atom. The lowest BCUT2D eigenvalue weighted by molar-refractivity contribution is 0.0949. The van der Waals surface area contributed by atoms with Gasteiger partial charge in [-0.05, 0) is 42.0 Å². The summed E-state index contributed by atoms with van der Waals surface area (Å²) < 4.78 is 4.58. The number of rotatable bonds is 6. The fourth-order valence-electron chi connectivity index (χ4n) is 3.66. The van der Waals surface area contributed by atoms with Gasteiger partial charge in [0, 0.05) is 34.0 Å². The van der Waals surface area contributed by atoms with Crippen molar-refractivity contribution in [2.75, 3.05) is 6.54 Å². The minimum absolute atomic E-state index is 0.231. The van der Waals surface area contributed by atoms with Gasteiger partial charge in [-0.1, -0.05) is 51.8 Å². The number of nitrogens with one attached hydrogen (secondary N) is 1. The molecule has 2 aromatic carbocycles. The summed E-state index contributed by atoms with van der Waals surface area (Å²) in [6, 6.07) is 19.1. The molecule has 0 spiro atoms. The Bertz CT molecular complexity index is 1430. The molecule has 0 aliphatic carbocycles. The normalized spacial score (nSPS) is 11.3. The molecule has 5 aromatic rings. The van der Waals surface area contributed by atoms with Crippen molar-refractivity contribution in [2.24, 2.45) is 0 Å². The van der Waals surface area contributed by atoms with Gasteiger partial charge < -0.3 is 5.32 Å². The second-order valence-corrected chi connectivity index (χ2v) is 8.61. The predicted molar refractivity (Wildman–Crippen MR) is 127 cm³/mol. The number of fused-ring (bicyclic) bond motifs is 2. The van der Waals surface area contributed by atoms with Gasteiger partial charge >= 0.3 is 0 Å². The standard InChI is InChI=1S/C23H18BrClN6O/c24-17-4-3-5-18-21(17)22(29-31(18)14-15-7-9-16(25)10-8-15)23(32)26-12-11-20-28-27-19-6-1-2-13-30(19)20/h1-10,13H,11-12,14H2,(H,26,32). The fraction of sp³-hybridized carbons (Fsp3) is 0.130. The van der Waals surface area contributed by atoms with Gasteiger partial charge in [-0.15, -0.1) is 10.2 Å². The van der Waals surface area contributed by atoms with E-state index in [4.69, 9.17) is 11.6 Å². The molecular formula is C23H18BrClN6O. The van der Waals surface area contributed by atoms with Crippen LogP contribution in [0.15, 0.2) is 71.3 Å². The molecule has 32 heavy (non-hydrogen) atoms. The minimum atomic E-state index is -0.231. The third kappa shape index (κ3) is 3.99. The maximum Gasteiger partial charge on any atom is 0.272 e. The van der Waals surface area contributed by atoms with Gasteiger partial charge in [0.15, 0.2) is 11.3 Å². The van der Waals surface area contributed by atoms with Crippen LogP contribution in [0.1, 0.15) is 21.9 Å². The summed E-state index contributed by atoms with van der Waals surface area (Å²) in [6.07, 6.45) is 2.47. The van der Waals surface area contributed by atoms with Crippen LogP contribution in [0.5, 0.6) is 0 Å². The second kappa shape index (κ2) is 8.72. The molecule has 9 heteroatoms. The van der Waals surface area contributed by atoms with Crippen LogP contribution in [0.2, 0.25) is 5.02 Å². The molecule has 0 radical (unpaired) electrons. The van der Waals surface area contributed by atoms with Gasteiger partial charge in [0.05, 0.1) is 12.1 Å². The van der Waals surface area contributed by atoms with E-state index in [1.54, 1.807) is 0 Å². The average molecular weight is 510 g/mol. The molecule has 1 N–H and O–H groups in total. The molecule has 0 saturated carbocycles. The number of amides is 1. The summed E-state index contributed by atoms with van der Waals surface area (Å²) in [4.78, 5) is 13.0.